The molecule has 0 aliphatic carbocycles. The zero-order valence-electron chi connectivity index (χ0n) is 20.3. The van der Waals surface area contributed by atoms with E-state index >= 15 is 0 Å². The molecule has 0 aliphatic rings. The van der Waals surface area contributed by atoms with Gasteiger partial charge in [-0.2, -0.15) is 0 Å². The second kappa shape index (κ2) is 11.6. The average Bonchev–Trinajstić information content (AvgIpc) is 2.76. The maximum absolute atomic E-state index is 13.5. The third kappa shape index (κ3) is 7.36. The summed E-state index contributed by atoms with van der Waals surface area (Å²) >= 11 is 6.10. The second-order valence-corrected chi connectivity index (χ2v) is 10.8. The van der Waals surface area contributed by atoms with Gasteiger partial charge in [-0.25, -0.2) is 8.42 Å². The summed E-state index contributed by atoms with van der Waals surface area (Å²) in [6.07, 6.45) is 1.03. The van der Waals surface area contributed by atoms with Gasteiger partial charge in [-0.1, -0.05) is 29.8 Å². The Morgan fingerprint density at radius 1 is 1.09 bits per heavy atom. The first kappa shape index (κ1) is 27.5. The highest BCUT2D eigenvalue weighted by molar-refractivity contribution is 7.92. The molecule has 1 N–H and O–H groups in total. The van der Waals surface area contributed by atoms with Crippen LogP contribution in [0.25, 0.3) is 0 Å². The molecule has 0 fully saturated rings. The lowest BCUT2D eigenvalue weighted by Crippen LogP contribution is -2.52. The number of hydrogen-bond donors (Lipinski definition) is 1. The number of amides is 2. The Hall–Kier alpha value is -2.78. The van der Waals surface area contributed by atoms with E-state index in [4.69, 9.17) is 16.3 Å². The minimum absolute atomic E-state index is 0.113. The van der Waals surface area contributed by atoms with Crippen LogP contribution in [0.3, 0.4) is 0 Å². The lowest BCUT2D eigenvalue weighted by molar-refractivity contribution is -0.139. The zero-order chi connectivity index (χ0) is 25.6. The third-order valence-corrected chi connectivity index (χ3v) is 6.59. The largest absolute Gasteiger partial charge is 0.497 e. The summed E-state index contributed by atoms with van der Waals surface area (Å²) < 4.78 is 31.5. The maximum Gasteiger partial charge on any atom is 0.244 e. The van der Waals surface area contributed by atoms with Gasteiger partial charge in [-0.15, -0.1) is 0 Å². The molecule has 186 valence electrons. The first-order chi connectivity index (χ1) is 15.8. The number of nitrogens with one attached hydrogen (secondary N) is 1. The highest BCUT2D eigenvalue weighted by Crippen LogP contribution is 2.27. The van der Waals surface area contributed by atoms with Gasteiger partial charge < -0.3 is 15.0 Å². The van der Waals surface area contributed by atoms with E-state index in [1.165, 1.54) is 11.0 Å². The fraction of sp³-hybridized carbons (Fsp3) is 0.417. The van der Waals surface area contributed by atoms with Crippen LogP contribution < -0.4 is 14.4 Å². The van der Waals surface area contributed by atoms with Gasteiger partial charge in [-0.3, -0.25) is 13.9 Å². The van der Waals surface area contributed by atoms with Crippen molar-refractivity contribution in [3.63, 3.8) is 0 Å². The SMILES string of the molecule is COc1ccc(CN(C(=O)CN(c2cc(Cl)ccc2C)S(C)(=O)=O)[C@H](C)C(=O)NC(C)C)cc1. The van der Waals surface area contributed by atoms with Gasteiger partial charge in [0.05, 0.1) is 19.1 Å². The standard InChI is InChI=1S/C24H32ClN3O5S/c1-16(2)26-24(30)18(4)27(14-19-8-11-21(33-5)12-9-19)23(29)15-28(34(6,31)32)22-13-20(25)10-7-17(22)3/h7-13,16,18H,14-15H2,1-6H3,(H,26,30)/t18-/m1/s1. The van der Waals surface area contributed by atoms with Crippen LogP contribution in [0.5, 0.6) is 5.75 Å². The molecular formula is C24H32ClN3O5S. The Balaban J connectivity index is 2.42. The highest BCUT2D eigenvalue weighted by atomic mass is 35.5. The van der Waals surface area contributed by atoms with Gasteiger partial charge in [0, 0.05) is 17.6 Å². The predicted molar refractivity (Wildman–Crippen MR) is 135 cm³/mol. The van der Waals surface area contributed by atoms with E-state index in [9.17, 15) is 18.0 Å². The summed E-state index contributed by atoms with van der Waals surface area (Å²) in [6, 6.07) is 11.0. The van der Waals surface area contributed by atoms with Crippen molar-refractivity contribution in [1.29, 1.82) is 0 Å². The van der Waals surface area contributed by atoms with Crippen molar-refractivity contribution in [3.8, 4) is 5.75 Å². The monoisotopic (exact) mass is 509 g/mol. The smallest absolute Gasteiger partial charge is 0.244 e. The van der Waals surface area contributed by atoms with Crippen LogP contribution in [0.15, 0.2) is 42.5 Å². The zero-order valence-corrected chi connectivity index (χ0v) is 21.9. The fourth-order valence-corrected chi connectivity index (χ4v) is 4.43. The van der Waals surface area contributed by atoms with Crippen molar-refractivity contribution in [1.82, 2.24) is 10.2 Å². The number of benzene rings is 2. The molecule has 0 radical (unpaired) electrons. The number of carbonyl (C=O) groups is 2. The number of carbonyl (C=O) groups excluding carboxylic acids is 2. The first-order valence-electron chi connectivity index (χ1n) is 10.8. The van der Waals surface area contributed by atoms with E-state index in [1.54, 1.807) is 57.4 Å². The summed E-state index contributed by atoms with van der Waals surface area (Å²) in [6.45, 7) is 6.65. The molecule has 0 saturated heterocycles. The molecule has 0 aliphatic heterocycles. The Morgan fingerprint density at radius 2 is 1.71 bits per heavy atom. The van der Waals surface area contributed by atoms with E-state index in [-0.39, 0.29) is 18.5 Å². The Kier molecular flexibility index (Phi) is 9.35. The van der Waals surface area contributed by atoms with Crippen LogP contribution >= 0.6 is 11.6 Å². The number of nitrogens with zero attached hydrogens (tertiary/aromatic N) is 2. The van der Waals surface area contributed by atoms with E-state index in [0.717, 1.165) is 16.1 Å². The Bertz CT molecular complexity index is 1120. The number of aryl methyl sites for hydroxylation is 1. The Morgan fingerprint density at radius 3 is 2.24 bits per heavy atom. The van der Waals surface area contributed by atoms with E-state index in [1.807, 2.05) is 13.8 Å². The molecule has 10 heteroatoms. The van der Waals surface area contributed by atoms with Crippen molar-refractivity contribution in [2.24, 2.45) is 0 Å². The molecule has 0 heterocycles. The molecule has 0 bridgehead atoms. The molecular weight excluding hydrogens is 478 g/mol. The number of halogens is 1. The van der Waals surface area contributed by atoms with Gasteiger partial charge >= 0.3 is 0 Å². The topological polar surface area (TPSA) is 96.0 Å². The summed E-state index contributed by atoms with van der Waals surface area (Å²) in [5.41, 5.74) is 1.73. The maximum atomic E-state index is 13.5. The molecule has 2 aromatic rings. The Labute approximate surface area is 206 Å². The predicted octanol–water partition coefficient (Wildman–Crippen LogP) is 3.36. The molecule has 1 atom stereocenters. The van der Waals surface area contributed by atoms with Gasteiger partial charge in [0.25, 0.3) is 0 Å². The average molecular weight is 510 g/mol. The number of hydrogen-bond acceptors (Lipinski definition) is 5. The minimum atomic E-state index is -3.82. The number of rotatable bonds is 10. The van der Waals surface area contributed by atoms with Crippen LogP contribution in [0.2, 0.25) is 5.02 Å². The van der Waals surface area contributed by atoms with E-state index < -0.39 is 28.5 Å². The number of anilines is 1. The lowest BCUT2D eigenvalue weighted by atomic mass is 10.1. The quantitative estimate of drug-likeness (QED) is 0.529. The van der Waals surface area contributed by atoms with Crippen molar-refractivity contribution >= 4 is 39.1 Å². The molecule has 2 rings (SSSR count). The second-order valence-electron chi connectivity index (χ2n) is 8.41. The van der Waals surface area contributed by atoms with Crippen LogP contribution in [0.4, 0.5) is 5.69 Å². The number of ether oxygens (including phenoxy) is 1. The molecule has 2 aromatic carbocycles. The van der Waals surface area contributed by atoms with Crippen molar-refractivity contribution in [2.75, 3.05) is 24.2 Å². The molecule has 2 amide bonds. The highest BCUT2D eigenvalue weighted by Gasteiger charge is 2.30. The number of methoxy groups -OCH3 is 1. The molecule has 8 nitrogen and oxygen atoms in total. The lowest BCUT2D eigenvalue weighted by Gasteiger charge is -2.32. The molecule has 0 aromatic heterocycles. The third-order valence-electron chi connectivity index (χ3n) is 5.23. The van der Waals surface area contributed by atoms with Crippen LogP contribution in [0, 0.1) is 6.92 Å². The van der Waals surface area contributed by atoms with Crippen molar-refractivity contribution < 1.29 is 22.7 Å². The van der Waals surface area contributed by atoms with Crippen molar-refractivity contribution in [3.05, 3.63) is 58.6 Å². The molecule has 0 saturated carbocycles. The summed E-state index contributed by atoms with van der Waals surface area (Å²) in [5.74, 6) is -0.194. The number of sulfonamides is 1. The van der Waals surface area contributed by atoms with Gasteiger partial charge in [0.1, 0.15) is 18.3 Å². The van der Waals surface area contributed by atoms with Crippen LogP contribution in [-0.2, 0) is 26.2 Å². The fourth-order valence-electron chi connectivity index (χ4n) is 3.36. The molecule has 34 heavy (non-hydrogen) atoms. The van der Waals surface area contributed by atoms with Crippen LogP contribution in [0.1, 0.15) is 31.9 Å². The molecule has 0 unspecified atom stereocenters. The normalized spacial score (nSPS) is 12.2. The van der Waals surface area contributed by atoms with E-state index in [2.05, 4.69) is 5.32 Å². The van der Waals surface area contributed by atoms with Crippen LogP contribution in [-0.4, -0.2) is 57.1 Å². The summed E-state index contributed by atoms with van der Waals surface area (Å²) in [4.78, 5) is 27.7. The minimum Gasteiger partial charge on any atom is -0.497 e. The van der Waals surface area contributed by atoms with Crippen molar-refractivity contribution in [2.45, 2.75) is 46.3 Å². The van der Waals surface area contributed by atoms with Gasteiger partial charge in [-0.05, 0) is 63.1 Å². The van der Waals surface area contributed by atoms with Gasteiger partial charge in [0.2, 0.25) is 21.8 Å². The molecule has 0 spiro atoms. The van der Waals surface area contributed by atoms with Gasteiger partial charge in [0.15, 0.2) is 0 Å². The summed E-state index contributed by atoms with van der Waals surface area (Å²) in [7, 11) is -2.27. The first-order valence-corrected chi connectivity index (χ1v) is 13.0. The van der Waals surface area contributed by atoms with E-state index in [0.29, 0.717) is 22.0 Å². The summed E-state index contributed by atoms with van der Waals surface area (Å²) in [5, 5.41) is 3.16.